The fraction of sp³-hybridized carbons (Fsp3) is 0.316. The summed E-state index contributed by atoms with van der Waals surface area (Å²) in [6.45, 7) is 0.532. The molecule has 3 rings (SSSR count). The molecule has 8 heteroatoms. The molecule has 0 aromatic heterocycles. The SMILES string of the molecule is CN1C(=O)CCc2cc(S(=O)(=O)NCCCOc3ccc(F)cc3)ccc21. The van der Waals surface area contributed by atoms with Crippen molar-refractivity contribution in [3.8, 4) is 5.75 Å². The molecule has 27 heavy (non-hydrogen) atoms. The summed E-state index contributed by atoms with van der Waals surface area (Å²) in [5.74, 6) is 0.223. The van der Waals surface area contributed by atoms with Crippen LogP contribution in [0.15, 0.2) is 47.4 Å². The Kier molecular flexibility index (Phi) is 5.76. The van der Waals surface area contributed by atoms with Crippen LogP contribution in [0.4, 0.5) is 10.1 Å². The summed E-state index contributed by atoms with van der Waals surface area (Å²) in [6, 6.07) is 10.4. The van der Waals surface area contributed by atoms with Crippen molar-refractivity contribution < 1.29 is 22.3 Å². The van der Waals surface area contributed by atoms with Crippen LogP contribution in [0.3, 0.4) is 0 Å². The fourth-order valence-electron chi connectivity index (χ4n) is 2.88. The molecular formula is C19H21FN2O4S. The largest absolute Gasteiger partial charge is 0.494 e. The number of carbonyl (C=O) groups is 1. The summed E-state index contributed by atoms with van der Waals surface area (Å²) in [6.07, 6.45) is 1.38. The predicted octanol–water partition coefficient (Wildman–Crippen LogP) is 2.48. The van der Waals surface area contributed by atoms with Crippen LogP contribution in [-0.2, 0) is 21.2 Å². The van der Waals surface area contributed by atoms with E-state index in [9.17, 15) is 17.6 Å². The lowest BCUT2D eigenvalue weighted by Crippen LogP contribution is -2.31. The quantitative estimate of drug-likeness (QED) is 0.735. The van der Waals surface area contributed by atoms with Gasteiger partial charge in [0.2, 0.25) is 15.9 Å². The second-order valence-electron chi connectivity index (χ2n) is 6.30. The lowest BCUT2D eigenvalue weighted by molar-refractivity contribution is -0.118. The third-order valence-corrected chi connectivity index (χ3v) is 5.86. The van der Waals surface area contributed by atoms with E-state index in [1.165, 1.54) is 30.3 Å². The normalized spacial score (nSPS) is 14.1. The minimum atomic E-state index is -3.63. The Bertz CT molecular complexity index is 929. The number of benzene rings is 2. The van der Waals surface area contributed by atoms with Crippen molar-refractivity contribution >= 4 is 21.6 Å². The zero-order valence-electron chi connectivity index (χ0n) is 14.9. The monoisotopic (exact) mass is 392 g/mol. The first-order valence-corrected chi connectivity index (χ1v) is 10.1. The summed E-state index contributed by atoms with van der Waals surface area (Å²) in [7, 11) is -1.95. The number of ether oxygens (including phenoxy) is 1. The highest BCUT2D eigenvalue weighted by Gasteiger charge is 2.23. The van der Waals surface area contributed by atoms with E-state index in [4.69, 9.17) is 4.74 Å². The Morgan fingerprint density at radius 1 is 1.15 bits per heavy atom. The molecular weight excluding hydrogens is 371 g/mol. The molecule has 1 amide bonds. The lowest BCUT2D eigenvalue weighted by Gasteiger charge is -2.26. The number of sulfonamides is 1. The Morgan fingerprint density at radius 2 is 1.89 bits per heavy atom. The van der Waals surface area contributed by atoms with E-state index >= 15 is 0 Å². The third-order valence-electron chi connectivity index (χ3n) is 4.40. The molecule has 2 aromatic carbocycles. The second kappa shape index (κ2) is 8.06. The minimum absolute atomic E-state index is 0.0254. The van der Waals surface area contributed by atoms with Gasteiger partial charge in [0.05, 0.1) is 11.5 Å². The van der Waals surface area contributed by atoms with Crippen molar-refractivity contribution in [3.05, 3.63) is 53.8 Å². The van der Waals surface area contributed by atoms with E-state index in [0.29, 0.717) is 31.6 Å². The number of amides is 1. The van der Waals surface area contributed by atoms with Crippen LogP contribution in [0.2, 0.25) is 0 Å². The first-order chi connectivity index (χ1) is 12.9. The van der Waals surface area contributed by atoms with Crippen LogP contribution < -0.4 is 14.4 Å². The van der Waals surface area contributed by atoms with Crippen LogP contribution in [0.5, 0.6) is 5.75 Å². The smallest absolute Gasteiger partial charge is 0.240 e. The topological polar surface area (TPSA) is 75.7 Å². The number of nitrogens with one attached hydrogen (secondary N) is 1. The maximum atomic E-state index is 12.8. The van der Waals surface area contributed by atoms with E-state index in [1.54, 1.807) is 24.1 Å². The molecule has 2 aromatic rings. The molecule has 0 saturated heterocycles. The van der Waals surface area contributed by atoms with Crippen molar-refractivity contribution in [1.82, 2.24) is 4.72 Å². The van der Waals surface area contributed by atoms with Gasteiger partial charge in [-0.25, -0.2) is 17.5 Å². The van der Waals surface area contributed by atoms with Gasteiger partial charge in [0, 0.05) is 25.7 Å². The lowest BCUT2D eigenvalue weighted by atomic mass is 10.0. The van der Waals surface area contributed by atoms with Crippen LogP contribution in [0.1, 0.15) is 18.4 Å². The van der Waals surface area contributed by atoms with Gasteiger partial charge < -0.3 is 9.64 Å². The fourth-order valence-corrected chi connectivity index (χ4v) is 4.01. The van der Waals surface area contributed by atoms with E-state index in [2.05, 4.69) is 4.72 Å². The molecule has 0 unspecified atom stereocenters. The summed E-state index contributed by atoms with van der Waals surface area (Å²) in [4.78, 5) is 13.5. The van der Waals surface area contributed by atoms with Gasteiger partial charge in [-0.05, 0) is 60.9 Å². The molecule has 0 aliphatic carbocycles. The molecule has 144 valence electrons. The summed E-state index contributed by atoms with van der Waals surface area (Å²) < 4.78 is 45.7. The van der Waals surface area contributed by atoms with Crippen molar-refractivity contribution in [3.63, 3.8) is 0 Å². The van der Waals surface area contributed by atoms with Crippen LogP contribution in [0, 0.1) is 5.82 Å². The van der Waals surface area contributed by atoms with Crippen LogP contribution in [0.25, 0.3) is 0 Å². The second-order valence-corrected chi connectivity index (χ2v) is 8.06. The van der Waals surface area contributed by atoms with Crippen molar-refractivity contribution in [1.29, 1.82) is 0 Å². The highest BCUT2D eigenvalue weighted by molar-refractivity contribution is 7.89. The summed E-state index contributed by atoms with van der Waals surface area (Å²) in [5.41, 5.74) is 1.59. The Morgan fingerprint density at radius 3 is 2.63 bits per heavy atom. The van der Waals surface area contributed by atoms with Gasteiger partial charge >= 0.3 is 0 Å². The van der Waals surface area contributed by atoms with Gasteiger partial charge in [0.15, 0.2) is 0 Å². The number of aryl methyl sites for hydroxylation is 1. The molecule has 6 nitrogen and oxygen atoms in total. The number of hydrogen-bond donors (Lipinski definition) is 1. The van der Waals surface area contributed by atoms with Gasteiger partial charge in [0.1, 0.15) is 11.6 Å². The number of hydrogen-bond acceptors (Lipinski definition) is 4. The molecule has 1 aliphatic rings. The maximum absolute atomic E-state index is 12.8. The highest BCUT2D eigenvalue weighted by atomic mass is 32.2. The molecule has 1 N–H and O–H groups in total. The Labute approximate surface area is 158 Å². The predicted molar refractivity (Wildman–Crippen MR) is 99.9 cm³/mol. The number of halogens is 1. The zero-order chi connectivity index (χ0) is 19.4. The molecule has 1 aliphatic heterocycles. The van der Waals surface area contributed by atoms with Gasteiger partial charge in [-0.3, -0.25) is 4.79 Å². The standard InChI is InChI=1S/C19H21FN2O4S/c1-22-18-9-8-17(13-14(18)3-10-19(22)23)27(24,25)21-11-2-12-26-16-6-4-15(20)5-7-16/h4-9,13,21H,2-3,10-12H2,1H3. The van der Waals surface area contributed by atoms with Gasteiger partial charge in [-0.2, -0.15) is 0 Å². The molecule has 0 atom stereocenters. The molecule has 1 heterocycles. The van der Waals surface area contributed by atoms with E-state index < -0.39 is 10.0 Å². The van der Waals surface area contributed by atoms with E-state index in [-0.39, 0.29) is 23.2 Å². The number of carbonyl (C=O) groups excluding carboxylic acids is 1. The average Bonchev–Trinajstić information content (AvgIpc) is 2.65. The number of anilines is 1. The average molecular weight is 392 g/mol. The first kappa shape index (κ1) is 19.3. The summed E-state index contributed by atoms with van der Waals surface area (Å²) in [5, 5.41) is 0. The third kappa shape index (κ3) is 4.64. The van der Waals surface area contributed by atoms with Crippen LogP contribution in [-0.4, -0.2) is 34.5 Å². The van der Waals surface area contributed by atoms with Gasteiger partial charge in [0.25, 0.3) is 0 Å². The molecule has 0 bridgehead atoms. The van der Waals surface area contributed by atoms with Crippen molar-refractivity contribution in [2.24, 2.45) is 0 Å². The molecule has 0 radical (unpaired) electrons. The van der Waals surface area contributed by atoms with Gasteiger partial charge in [-0.1, -0.05) is 0 Å². The van der Waals surface area contributed by atoms with E-state index in [0.717, 1.165) is 11.3 Å². The maximum Gasteiger partial charge on any atom is 0.240 e. The van der Waals surface area contributed by atoms with Crippen molar-refractivity contribution in [2.45, 2.75) is 24.2 Å². The number of nitrogens with zero attached hydrogens (tertiary/aromatic N) is 1. The first-order valence-electron chi connectivity index (χ1n) is 8.64. The highest BCUT2D eigenvalue weighted by Crippen LogP contribution is 2.28. The number of fused-ring (bicyclic) bond motifs is 1. The van der Waals surface area contributed by atoms with Crippen molar-refractivity contribution in [2.75, 3.05) is 25.1 Å². The zero-order valence-corrected chi connectivity index (χ0v) is 15.8. The summed E-state index contributed by atoms with van der Waals surface area (Å²) >= 11 is 0. The van der Waals surface area contributed by atoms with Crippen LogP contribution >= 0.6 is 0 Å². The molecule has 0 fully saturated rings. The molecule has 0 spiro atoms. The molecule has 0 saturated carbocycles. The van der Waals surface area contributed by atoms with E-state index in [1.807, 2.05) is 0 Å². The Balaban J connectivity index is 1.54. The number of rotatable bonds is 7. The minimum Gasteiger partial charge on any atom is -0.494 e. The Hall–Kier alpha value is -2.45. The van der Waals surface area contributed by atoms with Gasteiger partial charge in [-0.15, -0.1) is 0 Å².